The van der Waals surface area contributed by atoms with Crippen molar-refractivity contribution in [2.45, 2.75) is 6.42 Å². The van der Waals surface area contributed by atoms with Crippen LogP contribution >= 0.6 is 11.6 Å². The van der Waals surface area contributed by atoms with E-state index in [0.717, 1.165) is 16.5 Å². The first-order valence-electron chi connectivity index (χ1n) is 8.47. The van der Waals surface area contributed by atoms with E-state index in [4.69, 9.17) is 11.6 Å². The topological polar surface area (TPSA) is 100 Å². The number of fused-ring (bicyclic) bond motifs is 1. The van der Waals surface area contributed by atoms with Crippen molar-refractivity contribution in [3.05, 3.63) is 64.8 Å². The van der Waals surface area contributed by atoms with E-state index in [2.05, 4.69) is 20.4 Å². The summed E-state index contributed by atoms with van der Waals surface area (Å²) < 4.78 is 4.64. The number of H-pyrrole nitrogens is 1. The molecule has 0 saturated carbocycles. The van der Waals surface area contributed by atoms with Crippen LogP contribution in [0.1, 0.15) is 15.9 Å². The minimum absolute atomic E-state index is 0.149. The van der Waals surface area contributed by atoms with Gasteiger partial charge in [-0.2, -0.15) is 0 Å². The molecule has 0 fully saturated rings. The van der Waals surface area contributed by atoms with Gasteiger partial charge in [0.1, 0.15) is 0 Å². The van der Waals surface area contributed by atoms with Crippen molar-refractivity contribution in [2.75, 3.05) is 19.0 Å². The summed E-state index contributed by atoms with van der Waals surface area (Å²) in [6, 6.07) is 12.1. The summed E-state index contributed by atoms with van der Waals surface area (Å²) in [6.07, 6.45) is 1.93. The molecule has 0 aliphatic carbocycles. The van der Waals surface area contributed by atoms with Gasteiger partial charge >= 0.3 is 5.97 Å². The van der Waals surface area contributed by atoms with Crippen LogP contribution in [0.5, 0.6) is 0 Å². The molecule has 2 aromatic carbocycles. The van der Waals surface area contributed by atoms with E-state index >= 15 is 0 Å². The fraction of sp³-hybridized carbons (Fsp3) is 0.150. The summed E-state index contributed by atoms with van der Waals surface area (Å²) in [5, 5.41) is 6.38. The van der Waals surface area contributed by atoms with Gasteiger partial charge in [-0.25, -0.2) is 4.79 Å². The van der Waals surface area contributed by atoms with Crippen molar-refractivity contribution >= 4 is 46.0 Å². The van der Waals surface area contributed by atoms with E-state index in [9.17, 15) is 14.4 Å². The largest absolute Gasteiger partial charge is 0.465 e. The molecular formula is C20H18ClN3O4. The molecule has 3 rings (SSSR count). The highest BCUT2D eigenvalue weighted by molar-refractivity contribution is 6.33. The third kappa shape index (κ3) is 4.50. The number of esters is 1. The summed E-state index contributed by atoms with van der Waals surface area (Å²) in [4.78, 5) is 39.0. The number of nitrogens with one attached hydrogen (secondary N) is 3. The predicted octanol–water partition coefficient (Wildman–Crippen LogP) is 2.91. The lowest BCUT2D eigenvalue weighted by molar-refractivity contribution is -0.123. The van der Waals surface area contributed by atoms with Crippen LogP contribution < -0.4 is 10.6 Å². The summed E-state index contributed by atoms with van der Waals surface area (Å²) in [5.41, 5.74) is 2.32. The molecule has 1 heterocycles. The molecule has 0 aliphatic heterocycles. The molecule has 3 aromatic rings. The number of methoxy groups -OCH3 is 1. The minimum Gasteiger partial charge on any atom is -0.465 e. The number of benzene rings is 2. The number of hydrogen-bond donors (Lipinski definition) is 3. The number of ether oxygens (including phenoxy) is 1. The van der Waals surface area contributed by atoms with Crippen molar-refractivity contribution in [2.24, 2.45) is 0 Å². The molecule has 0 unspecified atom stereocenters. The number of para-hydroxylation sites is 1. The van der Waals surface area contributed by atoms with Crippen LogP contribution in [0.15, 0.2) is 48.7 Å². The molecule has 7 nitrogen and oxygen atoms in total. The molecule has 0 spiro atoms. The fourth-order valence-electron chi connectivity index (χ4n) is 2.75. The Bertz CT molecular complexity index is 1040. The Labute approximate surface area is 166 Å². The molecule has 8 heteroatoms. The second-order valence-corrected chi connectivity index (χ2v) is 6.45. The molecule has 1 aromatic heterocycles. The van der Waals surface area contributed by atoms with E-state index < -0.39 is 11.9 Å². The highest BCUT2D eigenvalue weighted by Gasteiger charge is 2.13. The first kappa shape index (κ1) is 19.4. The third-order valence-corrected chi connectivity index (χ3v) is 4.46. The number of carbonyl (C=O) groups is 3. The van der Waals surface area contributed by atoms with Gasteiger partial charge in [0.05, 0.1) is 36.3 Å². The molecule has 2 amide bonds. The second-order valence-electron chi connectivity index (χ2n) is 6.05. The van der Waals surface area contributed by atoms with Gasteiger partial charge < -0.3 is 20.4 Å². The van der Waals surface area contributed by atoms with Crippen LogP contribution in [0, 0.1) is 0 Å². The Kier molecular flexibility index (Phi) is 5.96. The van der Waals surface area contributed by atoms with Gasteiger partial charge in [0.15, 0.2) is 0 Å². The Hall–Kier alpha value is -3.32. The van der Waals surface area contributed by atoms with Crippen molar-refractivity contribution in [3.63, 3.8) is 0 Å². The van der Waals surface area contributed by atoms with Gasteiger partial charge in [-0.3, -0.25) is 9.59 Å². The number of aromatic amines is 1. The molecule has 28 heavy (non-hydrogen) atoms. The summed E-state index contributed by atoms with van der Waals surface area (Å²) in [5.74, 6) is -1.29. The van der Waals surface area contributed by atoms with Crippen LogP contribution in [0.3, 0.4) is 0 Å². The van der Waals surface area contributed by atoms with Crippen molar-refractivity contribution in [1.82, 2.24) is 10.3 Å². The zero-order valence-corrected chi connectivity index (χ0v) is 15.8. The van der Waals surface area contributed by atoms with Crippen LogP contribution in [-0.2, 0) is 20.7 Å². The maximum absolute atomic E-state index is 12.2. The molecule has 0 radical (unpaired) electrons. The van der Waals surface area contributed by atoms with Gasteiger partial charge in [0.25, 0.3) is 0 Å². The van der Waals surface area contributed by atoms with Gasteiger partial charge in [0, 0.05) is 17.1 Å². The Morgan fingerprint density at radius 1 is 1.11 bits per heavy atom. The second kappa shape index (κ2) is 8.58. The van der Waals surface area contributed by atoms with E-state index in [1.165, 1.54) is 25.3 Å². The summed E-state index contributed by atoms with van der Waals surface area (Å²) >= 11 is 6.04. The molecule has 144 valence electrons. The number of hydrogen-bond acceptors (Lipinski definition) is 4. The molecule has 0 atom stereocenters. The minimum atomic E-state index is -0.542. The highest BCUT2D eigenvalue weighted by atomic mass is 35.5. The number of anilines is 1. The molecule has 0 saturated heterocycles. The van der Waals surface area contributed by atoms with Crippen LogP contribution in [-0.4, -0.2) is 36.4 Å². The van der Waals surface area contributed by atoms with Gasteiger partial charge in [-0.15, -0.1) is 0 Å². The summed E-state index contributed by atoms with van der Waals surface area (Å²) in [7, 11) is 1.26. The van der Waals surface area contributed by atoms with Gasteiger partial charge in [0.2, 0.25) is 11.8 Å². The smallest absolute Gasteiger partial charge is 0.337 e. The highest BCUT2D eigenvalue weighted by Crippen LogP contribution is 2.23. The van der Waals surface area contributed by atoms with Gasteiger partial charge in [-0.1, -0.05) is 29.8 Å². The molecular weight excluding hydrogens is 382 g/mol. The van der Waals surface area contributed by atoms with E-state index in [0.29, 0.717) is 0 Å². The molecule has 0 bridgehead atoms. The Balaban J connectivity index is 1.57. The van der Waals surface area contributed by atoms with Crippen LogP contribution in [0.25, 0.3) is 10.9 Å². The number of aromatic nitrogens is 1. The van der Waals surface area contributed by atoms with Crippen molar-refractivity contribution in [3.8, 4) is 0 Å². The lowest BCUT2D eigenvalue weighted by Crippen LogP contribution is -2.33. The third-order valence-electron chi connectivity index (χ3n) is 4.13. The molecule has 3 N–H and O–H groups in total. The zero-order valence-electron chi connectivity index (χ0n) is 15.0. The monoisotopic (exact) mass is 399 g/mol. The van der Waals surface area contributed by atoms with Crippen LogP contribution in [0.4, 0.5) is 5.69 Å². The quantitative estimate of drug-likeness (QED) is 0.555. The number of amides is 2. The SMILES string of the molecule is COC(=O)c1ccc(Cl)c(NC(=O)CNC(=O)Cc2c[nH]c3ccccc23)c1. The lowest BCUT2D eigenvalue weighted by Gasteiger charge is -2.10. The Morgan fingerprint density at radius 3 is 2.68 bits per heavy atom. The maximum Gasteiger partial charge on any atom is 0.337 e. The van der Waals surface area contributed by atoms with E-state index in [1.807, 2.05) is 24.3 Å². The van der Waals surface area contributed by atoms with Crippen molar-refractivity contribution < 1.29 is 19.1 Å². The number of halogens is 1. The first-order chi connectivity index (χ1) is 13.5. The zero-order chi connectivity index (χ0) is 20.1. The average Bonchev–Trinajstić information content (AvgIpc) is 3.10. The standard InChI is InChI=1S/C20H18ClN3O4/c1-28-20(27)12-6-7-15(21)17(8-12)24-19(26)11-23-18(25)9-13-10-22-16-5-3-2-4-14(13)16/h2-8,10,22H,9,11H2,1H3,(H,23,25)(H,24,26). The normalized spacial score (nSPS) is 10.5. The lowest BCUT2D eigenvalue weighted by atomic mass is 10.1. The van der Waals surface area contributed by atoms with E-state index in [1.54, 1.807) is 6.20 Å². The van der Waals surface area contributed by atoms with E-state index in [-0.39, 0.29) is 35.1 Å². The van der Waals surface area contributed by atoms with Crippen molar-refractivity contribution in [1.29, 1.82) is 0 Å². The fourth-order valence-corrected chi connectivity index (χ4v) is 2.92. The maximum atomic E-state index is 12.2. The Morgan fingerprint density at radius 2 is 1.89 bits per heavy atom. The first-order valence-corrected chi connectivity index (χ1v) is 8.85. The molecule has 0 aliphatic rings. The van der Waals surface area contributed by atoms with Gasteiger partial charge in [-0.05, 0) is 29.8 Å². The number of carbonyl (C=O) groups excluding carboxylic acids is 3. The predicted molar refractivity (Wildman–Crippen MR) is 106 cm³/mol. The summed E-state index contributed by atoms with van der Waals surface area (Å²) in [6.45, 7) is -0.222. The van der Waals surface area contributed by atoms with Crippen LogP contribution in [0.2, 0.25) is 5.02 Å². The average molecular weight is 400 g/mol. The number of rotatable bonds is 6.